The van der Waals surface area contributed by atoms with Crippen LogP contribution in [0.15, 0.2) is 39.1 Å². The average Bonchev–Trinajstić information content (AvgIpc) is 3.15. The molecule has 1 fully saturated rings. The first-order valence-corrected chi connectivity index (χ1v) is 11.9. The molecule has 13 heteroatoms. The van der Waals surface area contributed by atoms with Gasteiger partial charge in [0.05, 0.1) is 0 Å². The van der Waals surface area contributed by atoms with E-state index < -0.39 is 23.3 Å². The lowest BCUT2D eigenvalue weighted by molar-refractivity contribution is -0.148. The predicted octanol–water partition coefficient (Wildman–Crippen LogP) is 1.43. The Morgan fingerprint density at radius 3 is 2.84 bits per heavy atom. The van der Waals surface area contributed by atoms with Crippen molar-refractivity contribution in [3.63, 3.8) is 0 Å². The Hall–Kier alpha value is -2.38. The summed E-state index contributed by atoms with van der Waals surface area (Å²) in [6, 6.07) is 4.41. The number of hydrogen-bond acceptors (Lipinski definition) is 8. The number of thioether (sulfide) groups is 2. The van der Waals surface area contributed by atoms with Crippen LogP contribution in [-0.2, 0) is 16.6 Å². The van der Waals surface area contributed by atoms with Gasteiger partial charge in [-0.05, 0) is 40.6 Å². The van der Waals surface area contributed by atoms with Gasteiger partial charge in [-0.3, -0.25) is 14.5 Å². The number of carbonyl (C=O) groups is 3. The Bertz CT molecular complexity index is 1120. The number of carboxylic acids is 1. The molecule has 0 unspecified atom stereocenters. The van der Waals surface area contributed by atoms with Crippen LogP contribution in [0.3, 0.4) is 0 Å². The van der Waals surface area contributed by atoms with Crippen molar-refractivity contribution in [1.29, 1.82) is 0 Å². The maximum atomic E-state index is 12.8. The Labute approximate surface area is 193 Å². The summed E-state index contributed by atoms with van der Waals surface area (Å²) >= 11 is 6.12. The predicted molar refractivity (Wildman–Crippen MR) is 117 cm³/mol. The summed E-state index contributed by atoms with van der Waals surface area (Å²) in [5.41, 5.74) is 2.00. The van der Waals surface area contributed by atoms with Crippen LogP contribution in [0.25, 0.3) is 0 Å². The molecule has 0 radical (unpaired) electrons. The molecule has 162 valence electrons. The van der Waals surface area contributed by atoms with Gasteiger partial charge in [0, 0.05) is 28.6 Å². The smallest absolute Gasteiger partial charge is 0.352 e. The summed E-state index contributed by atoms with van der Waals surface area (Å²) in [4.78, 5) is 38.6. The molecule has 4 rings (SSSR count). The van der Waals surface area contributed by atoms with Crippen molar-refractivity contribution in [3.8, 4) is 0 Å². The summed E-state index contributed by atoms with van der Waals surface area (Å²) < 4.78 is 2.29. The van der Waals surface area contributed by atoms with Crippen LogP contribution in [0.2, 0.25) is 0 Å². The van der Waals surface area contributed by atoms with E-state index in [2.05, 4.69) is 36.8 Å². The molecule has 1 aromatic heterocycles. The second-order valence-corrected chi connectivity index (χ2v) is 9.86. The van der Waals surface area contributed by atoms with Gasteiger partial charge in [0.25, 0.3) is 11.8 Å². The summed E-state index contributed by atoms with van der Waals surface area (Å²) in [6.45, 7) is 1.91. The Kier molecular flexibility index (Phi) is 6.08. The number of carbonyl (C=O) groups excluding carboxylic acids is 2. The van der Waals surface area contributed by atoms with E-state index >= 15 is 0 Å². The number of amides is 2. The second kappa shape index (κ2) is 8.63. The number of carboxylic acid groups (broad SMARTS) is 1. The molecule has 2 amide bonds. The molecule has 2 aromatic rings. The molecule has 2 atom stereocenters. The molecule has 2 N–H and O–H groups in total. The lowest BCUT2D eigenvalue weighted by atomic mass is 10.0. The van der Waals surface area contributed by atoms with Crippen molar-refractivity contribution in [1.82, 2.24) is 30.4 Å². The van der Waals surface area contributed by atoms with Gasteiger partial charge in [0.15, 0.2) is 0 Å². The summed E-state index contributed by atoms with van der Waals surface area (Å²) in [5.74, 6) is -1.21. The molecule has 31 heavy (non-hydrogen) atoms. The molecular formula is C18H17BrN6O4S2. The largest absolute Gasteiger partial charge is 0.477 e. The number of benzene rings is 1. The van der Waals surface area contributed by atoms with Gasteiger partial charge in [0.1, 0.15) is 17.1 Å². The topological polar surface area (TPSA) is 130 Å². The standard InChI is InChI=1S/C18H17BrN6O4S2/c1-8-3-4-9(5-11(8)19)14(26)20-12-15(27)25-13(17(28)29)10(6-30-16(12)25)7-31-18-21-22-23-24(18)2/h3-5,12,16H,6-7H2,1-2H3,(H,20,26)(H,28,29)/t12-,16+/m0/s1. The van der Waals surface area contributed by atoms with E-state index in [4.69, 9.17) is 0 Å². The fraction of sp³-hybridized carbons (Fsp3) is 0.333. The number of nitrogens with one attached hydrogen (secondary N) is 1. The number of hydrogen-bond donors (Lipinski definition) is 2. The maximum absolute atomic E-state index is 12.8. The number of aliphatic carboxylic acids is 1. The van der Waals surface area contributed by atoms with Crippen molar-refractivity contribution in [2.24, 2.45) is 7.05 Å². The highest BCUT2D eigenvalue weighted by Crippen LogP contribution is 2.41. The van der Waals surface area contributed by atoms with E-state index in [-0.39, 0.29) is 11.6 Å². The highest BCUT2D eigenvalue weighted by molar-refractivity contribution is 9.10. The van der Waals surface area contributed by atoms with E-state index in [1.807, 2.05) is 13.0 Å². The maximum Gasteiger partial charge on any atom is 0.352 e. The third-order valence-electron chi connectivity index (χ3n) is 4.93. The third-order valence-corrected chi connectivity index (χ3v) is 8.22. The van der Waals surface area contributed by atoms with Gasteiger partial charge in [-0.2, -0.15) is 0 Å². The zero-order valence-electron chi connectivity index (χ0n) is 16.4. The molecule has 10 nitrogen and oxygen atoms in total. The first kappa shape index (κ1) is 21.8. The quantitative estimate of drug-likeness (QED) is 0.425. The van der Waals surface area contributed by atoms with Crippen molar-refractivity contribution < 1.29 is 19.5 Å². The fourth-order valence-corrected chi connectivity index (χ4v) is 5.96. The number of aryl methyl sites for hydroxylation is 2. The van der Waals surface area contributed by atoms with Crippen molar-refractivity contribution >= 4 is 57.2 Å². The van der Waals surface area contributed by atoms with Crippen LogP contribution in [-0.4, -0.2) is 70.9 Å². The van der Waals surface area contributed by atoms with Crippen LogP contribution in [0.1, 0.15) is 15.9 Å². The highest BCUT2D eigenvalue weighted by Gasteiger charge is 2.54. The number of halogens is 1. The average molecular weight is 525 g/mol. The normalized spacial score (nSPS) is 20.4. The van der Waals surface area contributed by atoms with Gasteiger partial charge in [-0.15, -0.1) is 16.9 Å². The first-order valence-electron chi connectivity index (χ1n) is 9.10. The molecular weight excluding hydrogens is 508 g/mol. The lowest BCUT2D eigenvalue weighted by Gasteiger charge is -2.49. The van der Waals surface area contributed by atoms with E-state index in [0.717, 1.165) is 10.0 Å². The van der Waals surface area contributed by atoms with Crippen molar-refractivity contribution in [3.05, 3.63) is 45.1 Å². The van der Waals surface area contributed by atoms with E-state index in [1.54, 1.807) is 19.2 Å². The zero-order valence-corrected chi connectivity index (χ0v) is 19.6. The molecule has 0 saturated carbocycles. The Morgan fingerprint density at radius 1 is 1.42 bits per heavy atom. The minimum atomic E-state index is -1.17. The number of nitrogens with zero attached hydrogens (tertiary/aromatic N) is 5. The van der Waals surface area contributed by atoms with E-state index in [9.17, 15) is 19.5 Å². The number of fused-ring (bicyclic) bond motifs is 1. The molecule has 0 aliphatic carbocycles. The minimum absolute atomic E-state index is 0.0278. The van der Waals surface area contributed by atoms with Crippen LogP contribution in [0.4, 0.5) is 0 Å². The minimum Gasteiger partial charge on any atom is -0.477 e. The van der Waals surface area contributed by atoms with Crippen LogP contribution >= 0.6 is 39.5 Å². The number of tetrazole rings is 1. The Balaban J connectivity index is 1.49. The third kappa shape index (κ3) is 4.08. The van der Waals surface area contributed by atoms with Gasteiger partial charge < -0.3 is 10.4 Å². The van der Waals surface area contributed by atoms with E-state index in [1.165, 1.54) is 33.1 Å². The molecule has 0 spiro atoms. The lowest BCUT2D eigenvalue weighted by Crippen LogP contribution is -2.70. The Morgan fingerprint density at radius 2 is 2.19 bits per heavy atom. The summed E-state index contributed by atoms with van der Waals surface area (Å²) in [6.07, 6.45) is 0. The summed E-state index contributed by atoms with van der Waals surface area (Å²) in [5, 5.41) is 23.8. The van der Waals surface area contributed by atoms with Crippen LogP contribution in [0, 0.1) is 6.92 Å². The number of aromatic nitrogens is 4. The second-order valence-electron chi connectivity index (χ2n) is 6.96. The van der Waals surface area contributed by atoms with Gasteiger partial charge in [0.2, 0.25) is 5.16 Å². The molecule has 2 aliphatic heterocycles. The van der Waals surface area contributed by atoms with Crippen LogP contribution < -0.4 is 5.32 Å². The zero-order chi connectivity index (χ0) is 22.3. The van der Waals surface area contributed by atoms with Gasteiger partial charge >= 0.3 is 5.97 Å². The monoisotopic (exact) mass is 524 g/mol. The van der Waals surface area contributed by atoms with E-state index in [0.29, 0.717) is 27.8 Å². The summed E-state index contributed by atoms with van der Waals surface area (Å²) in [7, 11) is 1.69. The SMILES string of the molecule is Cc1ccc(C(=O)N[C@H]2C(=O)N3C(C(=O)O)=C(CSc4nnnn4C)CS[C@H]23)cc1Br. The van der Waals surface area contributed by atoms with Crippen molar-refractivity contribution in [2.75, 3.05) is 11.5 Å². The molecule has 0 bridgehead atoms. The van der Waals surface area contributed by atoms with Gasteiger partial charge in [-0.1, -0.05) is 33.8 Å². The highest BCUT2D eigenvalue weighted by atomic mass is 79.9. The fourth-order valence-electron chi connectivity index (χ4n) is 3.25. The molecule has 3 heterocycles. The van der Waals surface area contributed by atoms with Crippen molar-refractivity contribution in [2.45, 2.75) is 23.5 Å². The molecule has 2 aliphatic rings. The molecule has 1 aromatic carbocycles. The van der Waals surface area contributed by atoms with Gasteiger partial charge in [-0.25, -0.2) is 9.48 Å². The number of rotatable bonds is 6. The van der Waals surface area contributed by atoms with Crippen LogP contribution in [0.5, 0.6) is 0 Å². The molecule has 1 saturated heterocycles. The first-order chi connectivity index (χ1) is 14.8. The number of β-lactam (4-membered cyclic amide) rings is 1.